The lowest BCUT2D eigenvalue weighted by Gasteiger charge is -2.14. The molecule has 0 radical (unpaired) electrons. The zero-order valence-corrected chi connectivity index (χ0v) is 15.0. The largest absolute Gasteiger partial charge is 0.496 e. The van der Waals surface area contributed by atoms with Crippen LogP contribution in [0.2, 0.25) is 0 Å². The summed E-state index contributed by atoms with van der Waals surface area (Å²) in [4.78, 5) is 23.6. The van der Waals surface area contributed by atoms with E-state index in [9.17, 15) is 9.59 Å². The van der Waals surface area contributed by atoms with Crippen molar-refractivity contribution >= 4 is 17.6 Å². The molecule has 1 unspecified atom stereocenters. The zero-order chi connectivity index (χ0) is 19.3. The number of carboxylic acid groups (broad SMARTS) is 1. The van der Waals surface area contributed by atoms with Gasteiger partial charge in [0.2, 0.25) is 0 Å². The molecule has 26 heavy (non-hydrogen) atoms. The molecule has 0 bridgehead atoms. The Morgan fingerprint density at radius 1 is 0.923 bits per heavy atom. The first kappa shape index (κ1) is 19.1. The number of hydrogen-bond donors (Lipinski definition) is 2. The number of hydrogen-bond acceptors (Lipinski definition) is 5. The fraction of sp³-hybridized carbons (Fsp3) is 0.263. The van der Waals surface area contributed by atoms with E-state index in [0.717, 1.165) is 0 Å². The van der Waals surface area contributed by atoms with E-state index >= 15 is 0 Å². The topological polar surface area (TPSA) is 94.1 Å². The van der Waals surface area contributed by atoms with Crippen LogP contribution in [-0.4, -0.2) is 38.3 Å². The molecule has 7 heteroatoms. The number of benzene rings is 2. The molecule has 0 saturated carbocycles. The molecule has 2 aromatic carbocycles. The van der Waals surface area contributed by atoms with Crippen molar-refractivity contribution < 1.29 is 28.9 Å². The van der Waals surface area contributed by atoms with Crippen LogP contribution in [0, 0.1) is 0 Å². The van der Waals surface area contributed by atoms with Crippen molar-refractivity contribution in [3.05, 3.63) is 47.5 Å². The van der Waals surface area contributed by atoms with Crippen LogP contribution in [0.1, 0.15) is 28.8 Å². The molecular formula is C19H21NO6. The molecule has 2 rings (SSSR count). The molecule has 0 aliphatic heterocycles. The summed E-state index contributed by atoms with van der Waals surface area (Å²) in [6.07, 6.45) is 0. The highest BCUT2D eigenvalue weighted by atomic mass is 16.5. The van der Waals surface area contributed by atoms with Gasteiger partial charge in [-0.25, -0.2) is 0 Å². The fourth-order valence-corrected chi connectivity index (χ4v) is 2.40. The summed E-state index contributed by atoms with van der Waals surface area (Å²) in [7, 11) is 4.44. The summed E-state index contributed by atoms with van der Waals surface area (Å²) in [5, 5.41) is 11.8. The minimum absolute atomic E-state index is 0.285. The minimum atomic E-state index is -0.906. The highest BCUT2D eigenvalue weighted by Gasteiger charge is 2.18. The van der Waals surface area contributed by atoms with Crippen LogP contribution in [0.25, 0.3) is 0 Å². The van der Waals surface area contributed by atoms with Crippen molar-refractivity contribution in [3.63, 3.8) is 0 Å². The number of amides is 1. The Morgan fingerprint density at radius 3 is 1.96 bits per heavy atom. The van der Waals surface area contributed by atoms with E-state index in [0.29, 0.717) is 28.5 Å². The van der Waals surface area contributed by atoms with Crippen LogP contribution >= 0.6 is 0 Å². The summed E-state index contributed by atoms with van der Waals surface area (Å²) in [5.74, 6) is -0.711. The van der Waals surface area contributed by atoms with Gasteiger partial charge < -0.3 is 24.6 Å². The average Bonchev–Trinajstić information content (AvgIpc) is 2.66. The van der Waals surface area contributed by atoms with Crippen molar-refractivity contribution in [2.45, 2.75) is 12.8 Å². The van der Waals surface area contributed by atoms with Gasteiger partial charge in [-0.1, -0.05) is 12.1 Å². The van der Waals surface area contributed by atoms with Gasteiger partial charge in [-0.2, -0.15) is 0 Å². The number of carbonyl (C=O) groups excluding carboxylic acids is 1. The van der Waals surface area contributed by atoms with Crippen LogP contribution < -0.4 is 19.5 Å². The van der Waals surface area contributed by atoms with Crippen molar-refractivity contribution in [1.29, 1.82) is 0 Å². The van der Waals surface area contributed by atoms with Gasteiger partial charge >= 0.3 is 5.97 Å². The molecule has 0 heterocycles. The lowest BCUT2D eigenvalue weighted by atomic mass is 10.0. The molecule has 0 aliphatic rings. The van der Waals surface area contributed by atoms with Gasteiger partial charge in [0.05, 0.1) is 32.8 Å². The maximum Gasteiger partial charge on any atom is 0.310 e. The molecule has 0 spiro atoms. The summed E-state index contributed by atoms with van der Waals surface area (Å²) in [6, 6.07) is 9.75. The predicted octanol–water partition coefficient (Wildman–Crippen LogP) is 3.15. The number of anilines is 1. The normalized spacial score (nSPS) is 11.4. The first-order valence-electron chi connectivity index (χ1n) is 7.85. The quantitative estimate of drug-likeness (QED) is 0.789. The van der Waals surface area contributed by atoms with Gasteiger partial charge in [0, 0.05) is 17.8 Å². The molecule has 1 amide bonds. The van der Waals surface area contributed by atoms with Crippen LogP contribution in [0.5, 0.6) is 17.2 Å². The van der Waals surface area contributed by atoms with Gasteiger partial charge in [0.1, 0.15) is 5.75 Å². The first-order valence-corrected chi connectivity index (χ1v) is 7.85. The van der Waals surface area contributed by atoms with Crippen LogP contribution in [0.15, 0.2) is 36.4 Å². The van der Waals surface area contributed by atoms with Crippen LogP contribution in [-0.2, 0) is 4.79 Å². The maximum atomic E-state index is 12.6. The van der Waals surface area contributed by atoms with Gasteiger partial charge in [0.15, 0.2) is 11.5 Å². The smallest absolute Gasteiger partial charge is 0.310 e. The van der Waals surface area contributed by atoms with E-state index in [4.69, 9.17) is 19.3 Å². The van der Waals surface area contributed by atoms with E-state index in [1.807, 2.05) is 0 Å². The lowest BCUT2D eigenvalue weighted by molar-refractivity contribution is -0.138. The number of nitrogens with one attached hydrogen (secondary N) is 1. The SMILES string of the molecule is COc1cc(OC)c(C(=O)Nc2ccc(C(C)C(=O)O)cc2)cc1OC. The van der Waals surface area contributed by atoms with Crippen molar-refractivity contribution in [2.75, 3.05) is 26.6 Å². The molecular weight excluding hydrogens is 338 g/mol. The third-order valence-electron chi connectivity index (χ3n) is 3.99. The summed E-state index contributed by atoms with van der Waals surface area (Å²) in [5.41, 5.74) is 1.47. The number of rotatable bonds is 7. The third-order valence-corrected chi connectivity index (χ3v) is 3.99. The maximum absolute atomic E-state index is 12.6. The van der Waals surface area contributed by atoms with Crippen LogP contribution in [0.3, 0.4) is 0 Å². The Bertz CT molecular complexity index is 800. The Hall–Kier alpha value is -3.22. The first-order chi connectivity index (χ1) is 12.4. The average molecular weight is 359 g/mol. The highest BCUT2D eigenvalue weighted by Crippen LogP contribution is 2.35. The zero-order valence-electron chi connectivity index (χ0n) is 15.0. The van der Waals surface area contributed by atoms with Gasteiger partial charge in [-0.15, -0.1) is 0 Å². The molecule has 0 aromatic heterocycles. The molecule has 0 aliphatic carbocycles. The molecule has 0 saturated heterocycles. The molecule has 1 atom stereocenters. The van der Waals surface area contributed by atoms with Crippen molar-refractivity contribution in [3.8, 4) is 17.2 Å². The van der Waals surface area contributed by atoms with Crippen LogP contribution in [0.4, 0.5) is 5.69 Å². The summed E-state index contributed by atoms with van der Waals surface area (Å²) in [6.45, 7) is 1.60. The van der Waals surface area contributed by atoms with E-state index < -0.39 is 11.9 Å². The molecule has 7 nitrogen and oxygen atoms in total. The Kier molecular flexibility index (Phi) is 6.06. The molecule has 2 aromatic rings. The molecule has 138 valence electrons. The molecule has 0 fully saturated rings. The predicted molar refractivity (Wildman–Crippen MR) is 96.5 cm³/mol. The minimum Gasteiger partial charge on any atom is -0.496 e. The second-order valence-corrected chi connectivity index (χ2v) is 5.54. The van der Waals surface area contributed by atoms with E-state index in [-0.39, 0.29) is 11.5 Å². The number of carboxylic acids is 1. The van der Waals surface area contributed by atoms with E-state index in [1.165, 1.54) is 27.4 Å². The number of ether oxygens (including phenoxy) is 3. The Morgan fingerprint density at radius 2 is 1.46 bits per heavy atom. The third kappa shape index (κ3) is 4.05. The van der Waals surface area contributed by atoms with Gasteiger partial charge in [-0.05, 0) is 24.6 Å². The van der Waals surface area contributed by atoms with Gasteiger partial charge in [0.25, 0.3) is 5.91 Å². The van der Waals surface area contributed by atoms with Crippen molar-refractivity contribution in [2.24, 2.45) is 0 Å². The Balaban J connectivity index is 2.25. The lowest BCUT2D eigenvalue weighted by Crippen LogP contribution is -2.14. The standard InChI is InChI=1S/C19H21NO6/c1-11(19(22)23)12-5-7-13(8-6-12)20-18(21)14-9-16(25-3)17(26-4)10-15(14)24-2/h5-11H,1-4H3,(H,20,21)(H,22,23). The monoisotopic (exact) mass is 359 g/mol. The number of methoxy groups -OCH3 is 3. The van der Waals surface area contributed by atoms with Crippen molar-refractivity contribution in [1.82, 2.24) is 0 Å². The highest BCUT2D eigenvalue weighted by molar-refractivity contribution is 6.06. The number of carbonyl (C=O) groups is 2. The number of aliphatic carboxylic acids is 1. The second-order valence-electron chi connectivity index (χ2n) is 5.54. The fourth-order valence-electron chi connectivity index (χ4n) is 2.40. The second kappa shape index (κ2) is 8.24. The summed E-state index contributed by atoms with van der Waals surface area (Å²) >= 11 is 0. The van der Waals surface area contributed by atoms with E-state index in [2.05, 4.69) is 5.32 Å². The summed E-state index contributed by atoms with van der Waals surface area (Å²) < 4.78 is 15.7. The van der Waals surface area contributed by atoms with E-state index in [1.54, 1.807) is 37.3 Å². The molecule has 2 N–H and O–H groups in total. The van der Waals surface area contributed by atoms with Gasteiger partial charge in [-0.3, -0.25) is 9.59 Å². The Labute approximate surface area is 151 Å².